The lowest BCUT2D eigenvalue weighted by Crippen LogP contribution is -2.32. The smallest absolute Gasteiger partial charge is 0.227 e. The van der Waals surface area contributed by atoms with Crippen LogP contribution in [0.1, 0.15) is 41.7 Å². The molecule has 0 unspecified atom stereocenters. The lowest BCUT2D eigenvalue weighted by Gasteiger charge is -2.24. The topological polar surface area (TPSA) is 87.7 Å². The van der Waals surface area contributed by atoms with E-state index in [1.807, 2.05) is 36.9 Å². The van der Waals surface area contributed by atoms with Gasteiger partial charge in [-0.15, -0.1) is 0 Å². The number of likely N-dealkylation sites (tertiary alicyclic amines) is 1. The summed E-state index contributed by atoms with van der Waals surface area (Å²) in [4.78, 5) is 35.8. The van der Waals surface area contributed by atoms with Gasteiger partial charge in [-0.2, -0.15) is 0 Å². The van der Waals surface area contributed by atoms with E-state index >= 15 is 0 Å². The number of aryl methyl sites for hydroxylation is 2. The molecule has 0 aromatic carbocycles. The maximum Gasteiger partial charge on any atom is 0.227 e. The first-order valence-corrected chi connectivity index (χ1v) is 9.16. The van der Waals surface area contributed by atoms with Gasteiger partial charge in [-0.25, -0.2) is 15.0 Å². The fourth-order valence-electron chi connectivity index (χ4n) is 3.52. The van der Waals surface area contributed by atoms with Gasteiger partial charge in [-0.05, 0) is 44.4 Å². The molecule has 0 spiro atoms. The molecule has 1 fully saturated rings. The summed E-state index contributed by atoms with van der Waals surface area (Å²) in [6, 6.07) is 5.60. The molecule has 7 heteroatoms. The fourth-order valence-corrected chi connectivity index (χ4v) is 3.52. The molecule has 1 aliphatic heterocycles. The average molecular weight is 362 g/mol. The molecule has 1 amide bonds. The zero-order valence-electron chi connectivity index (χ0n) is 15.5. The number of carbonyl (C=O) groups is 1. The molecular formula is C20H22N6O. The summed E-state index contributed by atoms with van der Waals surface area (Å²) in [5.41, 5.74) is 3.54. The van der Waals surface area contributed by atoms with Crippen molar-refractivity contribution in [1.82, 2.24) is 29.8 Å². The highest BCUT2D eigenvalue weighted by Gasteiger charge is 2.32. The van der Waals surface area contributed by atoms with Crippen LogP contribution in [-0.4, -0.2) is 42.3 Å². The largest absolute Gasteiger partial charge is 0.341 e. The van der Waals surface area contributed by atoms with Crippen LogP contribution in [0.5, 0.6) is 0 Å². The number of imidazole rings is 1. The summed E-state index contributed by atoms with van der Waals surface area (Å²) in [6.07, 6.45) is 7.41. The summed E-state index contributed by atoms with van der Waals surface area (Å²) < 4.78 is 0. The van der Waals surface area contributed by atoms with Crippen LogP contribution in [0.25, 0.3) is 11.5 Å². The minimum Gasteiger partial charge on any atom is -0.341 e. The molecule has 0 radical (unpaired) electrons. The third-order valence-electron chi connectivity index (χ3n) is 4.77. The Morgan fingerprint density at radius 1 is 1.30 bits per heavy atom. The predicted molar refractivity (Wildman–Crippen MR) is 101 cm³/mol. The van der Waals surface area contributed by atoms with Crippen molar-refractivity contribution in [3.05, 3.63) is 59.6 Å². The second-order valence-corrected chi connectivity index (χ2v) is 6.95. The molecule has 138 valence electrons. The van der Waals surface area contributed by atoms with E-state index in [1.165, 1.54) is 0 Å². The van der Waals surface area contributed by atoms with Crippen molar-refractivity contribution in [2.75, 3.05) is 6.54 Å². The molecule has 3 aromatic heterocycles. The molecule has 0 aliphatic carbocycles. The number of amides is 1. The Bertz CT molecular complexity index is 952. The van der Waals surface area contributed by atoms with Crippen LogP contribution >= 0.6 is 0 Å². The number of carbonyl (C=O) groups excluding carboxylic acids is 1. The average Bonchev–Trinajstić information content (AvgIpc) is 3.31. The summed E-state index contributed by atoms with van der Waals surface area (Å²) in [5, 5.41) is 0. The number of nitrogens with one attached hydrogen (secondary N) is 1. The van der Waals surface area contributed by atoms with Crippen molar-refractivity contribution in [2.45, 2.75) is 39.2 Å². The van der Waals surface area contributed by atoms with Gasteiger partial charge in [-0.1, -0.05) is 6.07 Å². The first kappa shape index (κ1) is 17.3. The van der Waals surface area contributed by atoms with E-state index in [2.05, 4.69) is 19.9 Å². The zero-order valence-corrected chi connectivity index (χ0v) is 15.5. The lowest BCUT2D eigenvalue weighted by atomic mass is 10.1. The normalized spacial score (nSPS) is 16.7. The van der Waals surface area contributed by atoms with Crippen molar-refractivity contribution in [3.63, 3.8) is 0 Å². The van der Waals surface area contributed by atoms with E-state index < -0.39 is 0 Å². The van der Waals surface area contributed by atoms with Crippen LogP contribution < -0.4 is 0 Å². The maximum atomic E-state index is 12.9. The highest BCUT2D eigenvalue weighted by Crippen LogP contribution is 2.31. The molecule has 7 nitrogen and oxygen atoms in total. The SMILES string of the molecule is Cc1cc(-c2ncc(C)[nH]2)nc([C@H]2CCCN2C(=O)Cc2cccnc2)n1. The summed E-state index contributed by atoms with van der Waals surface area (Å²) in [7, 11) is 0. The molecule has 1 aliphatic rings. The number of H-pyrrole nitrogens is 1. The molecule has 1 saturated heterocycles. The Morgan fingerprint density at radius 3 is 2.93 bits per heavy atom. The van der Waals surface area contributed by atoms with E-state index in [9.17, 15) is 4.79 Å². The molecule has 0 bridgehead atoms. The van der Waals surface area contributed by atoms with Gasteiger partial charge in [0.15, 0.2) is 11.6 Å². The highest BCUT2D eigenvalue weighted by atomic mass is 16.2. The summed E-state index contributed by atoms with van der Waals surface area (Å²) in [5.74, 6) is 1.51. The van der Waals surface area contributed by atoms with Gasteiger partial charge in [0.1, 0.15) is 5.69 Å². The monoisotopic (exact) mass is 362 g/mol. The van der Waals surface area contributed by atoms with Gasteiger partial charge in [-0.3, -0.25) is 9.78 Å². The van der Waals surface area contributed by atoms with Gasteiger partial charge >= 0.3 is 0 Å². The van der Waals surface area contributed by atoms with Crippen molar-refractivity contribution in [2.24, 2.45) is 0 Å². The van der Waals surface area contributed by atoms with Gasteiger partial charge in [0.05, 0.1) is 12.5 Å². The van der Waals surface area contributed by atoms with Crippen LogP contribution in [-0.2, 0) is 11.2 Å². The van der Waals surface area contributed by atoms with Crippen LogP contribution in [0.2, 0.25) is 0 Å². The molecule has 0 saturated carbocycles. The third-order valence-corrected chi connectivity index (χ3v) is 4.77. The lowest BCUT2D eigenvalue weighted by molar-refractivity contribution is -0.131. The van der Waals surface area contributed by atoms with Crippen LogP contribution in [0.3, 0.4) is 0 Å². The van der Waals surface area contributed by atoms with Crippen molar-refractivity contribution < 1.29 is 4.79 Å². The summed E-state index contributed by atoms with van der Waals surface area (Å²) in [6.45, 7) is 4.64. The minimum absolute atomic E-state index is 0.0889. The second-order valence-electron chi connectivity index (χ2n) is 6.95. The zero-order chi connectivity index (χ0) is 18.8. The number of rotatable bonds is 4. The van der Waals surface area contributed by atoms with E-state index in [0.29, 0.717) is 12.2 Å². The van der Waals surface area contributed by atoms with Crippen LogP contribution in [0.15, 0.2) is 36.8 Å². The Hall–Kier alpha value is -3.09. The van der Waals surface area contributed by atoms with Crippen LogP contribution in [0.4, 0.5) is 0 Å². The molecule has 27 heavy (non-hydrogen) atoms. The molecule has 1 N–H and O–H groups in total. The van der Waals surface area contributed by atoms with E-state index in [1.54, 1.807) is 18.6 Å². The van der Waals surface area contributed by atoms with E-state index in [-0.39, 0.29) is 11.9 Å². The number of hydrogen-bond acceptors (Lipinski definition) is 5. The second kappa shape index (κ2) is 7.26. The molecular weight excluding hydrogens is 340 g/mol. The van der Waals surface area contributed by atoms with Crippen molar-refractivity contribution in [3.8, 4) is 11.5 Å². The van der Waals surface area contributed by atoms with Gasteiger partial charge in [0.2, 0.25) is 5.91 Å². The Kier molecular flexibility index (Phi) is 4.66. The molecule has 4 rings (SSSR count). The Labute approximate surface area is 157 Å². The highest BCUT2D eigenvalue weighted by molar-refractivity contribution is 5.79. The third kappa shape index (κ3) is 3.72. The molecule has 1 atom stereocenters. The maximum absolute atomic E-state index is 12.9. The Balaban J connectivity index is 1.60. The van der Waals surface area contributed by atoms with E-state index in [4.69, 9.17) is 4.98 Å². The summed E-state index contributed by atoms with van der Waals surface area (Å²) >= 11 is 0. The van der Waals surface area contributed by atoms with Gasteiger partial charge in [0.25, 0.3) is 0 Å². The first-order valence-electron chi connectivity index (χ1n) is 9.16. The predicted octanol–water partition coefficient (Wildman–Crippen LogP) is 2.78. The quantitative estimate of drug-likeness (QED) is 0.771. The molecule has 4 heterocycles. The van der Waals surface area contributed by atoms with Crippen LogP contribution in [0, 0.1) is 13.8 Å². The van der Waals surface area contributed by atoms with Gasteiger partial charge < -0.3 is 9.88 Å². The van der Waals surface area contributed by atoms with E-state index in [0.717, 1.165) is 47.9 Å². The Morgan fingerprint density at radius 2 is 2.19 bits per heavy atom. The standard InChI is InChI=1S/C20H22N6O/c1-13-9-16(19-22-11-14(2)24-19)25-20(23-13)17-6-4-8-26(17)18(27)10-15-5-3-7-21-12-15/h3,5,7,9,11-12,17H,4,6,8,10H2,1-2H3,(H,22,24)/t17-/m1/s1. The number of pyridine rings is 1. The minimum atomic E-state index is -0.0936. The number of hydrogen-bond donors (Lipinski definition) is 1. The van der Waals surface area contributed by atoms with Crippen molar-refractivity contribution >= 4 is 5.91 Å². The first-order chi connectivity index (χ1) is 13.1. The van der Waals surface area contributed by atoms with Gasteiger partial charge in [0, 0.05) is 36.5 Å². The number of aromatic amines is 1. The fraction of sp³-hybridized carbons (Fsp3) is 0.350. The molecule has 3 aromatic rings. The van der Waals surface area contributed by atoms with Crippen molar-refractivity contribution in [1.29, 1.82) is 0 Å². The number of aromatic nitrogens is 5. The number of nitrogens with zero attached hydrogens (tertiary/aromatic N) is 5.